The summed E-state index contributed by atoms with van der Waals surface area (Å²) in [6.07, 6.45) is -3.78. The summed E-state index contributed by atoms with van der Waals surface area (Å²) in [4.78, 5) is 13.2. The van der Waals surface area contributed by atoms with Gasteiger partial charge in [0.1, 0.15) is 11.0 Å². The molecule has 0 radical (unpaired) electrons. The second-order valence-corrected chi connectivity index (χ2v) is 8.63. The lowest BCUT2D eigenvalue weighted by Crippen LogP contribution is -2.59. The third kappa shape index (κ3) is 3.73. The number of Topliss-reactive ketones (excluding diaryl/α,β-unsaturated/α-hetero) is 1. The minimum absolute atomic E-state index is 0.0755. The van der Waals surface area contributed by atoms with Crippen molar-refractivity contribution in [3.05, 3.63) is 118 Å². The Balaban J connectivity index is 1.89. The first-order valence-corrected chi connectivity index (χ1v) is 10.6. The zero-order valence-electron chi connectivity index (χ0n) is 17.6. The average Bonchev–Trinajstić information content (AvgIpc) is 3.18. The minimum Gasteiger partial charge on any atom is -0.383 e. The second kappa shape index (κ2) is 8.36. The molecule has 170 valence electrons. The van der Waals surface area contributed by atoms with E-state index in [9.17, 15) is 23.1 Å². The normalized spacial score (nSPS) is 20.8. The van der Waals surface area contributed by atoms with E-state index < -0.39 is 34.6 Å². The largest absolute Gasteiger partial charge is 0.400 e. The van der Waals surface area contributed by atoms with Crippen LogP contribution in [0.3, 0.4) is 0 Å². The summed E-state index contributed by atoms with van der Waals surface area (Å²) < 4.78 is 44.3. The third-order valence-corrected chi connectivity index (χ3v) is 6.57. The first kappa shape index (κ1) is 23.1. The quantitative estimate of drug-likeness (QED) is 0.457. The summed E-state index contributed by atoms with van der Waals surface area (Å²) in [5, 5.41) is 15.1. The second-order valence-electron chi connectivity index (χ2n) is 8.19. The maximum absolute atomic E-state index is 14.8. The number of hydrogen-bond acceptors (Lipinski definition) is 3. The molecule has 3 aromatic carbocycles. The number of ketones is 1. The first-order valence-electron chi connectivity index (χ1n) is 10.3. The Bertz CT molecular complexity index is 1140. The molecule has 4 rings (SSSR count). The molecule has 3 nitrogen and oxygen atoms in total. The van der Waals surface area contributed by atoms with Crippen molar-refractivity contribution < 1.29 is 23.1 Å². The molecule has 0 aliphatic carbocycles. The van der Waals surface area contributed by atoms with E-state index in [2.05, 4.69) is 5.32 Å². The van der Waals surface area contributed by atoms with Gasteiger partial charge in [-0.3, -0.25) is 4.79 Å². The molecule has 7 heteroatoms. The highest BCUT2D eigenvalue weighted by Crippen LogP contribution is 2.55. The van der Waals surface area contributed by atoms with E-state index >= 15 is 0 Å². The maximum atomic E-state index is 14.8. The van der Waals surface area contributed by atoms with Gasteiger partial charge in [0.2, 0.25) is 0 Å². The number of benzene rings is 3. The SMILES string of the molecule is C[C@]1(C(F)(F)F)C(C(=O)c2ccc(Cl)cc2)=CN[C@@H]1C(O)(c1ccccc1)c1ccccc1. The van der Waals surface area contributed by atoms with Crippen molar-refractivity contribution in [2.45, 2.75) is 24.7 Å². The molecular weight excluding hydrogens is 451 g/mol. The summed E-state index contributed by atoms with van der Waals surface area (Å²) in [5.74, 6) is -0.787. The summed E-state index contributed by atoms with van der Waals surface area (Å²) in [7, 11) is 0. The van der Waals surface area contributed by atoms with Crippen molar-refractivity contribution in [3.63, 3.8) is 0 Å². The predicted octanol–water partition coefficient (Wildman–Crippen LogP) is 5.88. The third-order valence-electron chi connectivity index (χ3n) is 6.32. The summed E-state index contributed by atoms with van der Waals surface area (Å²) in [5.41, 5.74) is -4.65. The van der Waals surface area contributed by atoms with Crippen molar-refractivity contribution >= 4 is 17.4 Å². The monoisotopic (exact) mass is 471 g/mol. The molecule has 0 fully saturated rings. The van der Waals surface area contributed by atoms with Gasteiger partial charge >= 0.3 is 6.18 Å². The Morgan fingerprint density at radius 3 is 1.85 bits per heavy atom. The number of nitrogens with one attached hydrogen (secondary N) is 1. The van der Waals surface area contributed by atoms with Crippen LogP contribution in [0.25, 0.3) is 0 Å². The van der Waals surface area contributed by atoms with Crippen LogP contribution in [0.4, 0.5) is 13.2 Å². The van der Waals surface area contributed by atoms with Crippen LogP contribution >= 0.6 is 11.6 Å². The van der Waals surface area contributed by atoms with Gasteiger partial charge in [0.05, 0.1) is 6.04 Å². The minimum atomic E-state index is -4.85. The summed E-state index contributed by atoms with van der Waals surface area (Å²) in [6, 6.07) is 20.4. The van der Waals surface area contributed by atoms with Crippen LogP contribution in [0.1, 0.15) is 28.4 Å². The van der Waals surface area contributed by atoms with Gasteiger partial charge in [0.25, 0.3) is 0 Å². The first-order chi connectivity index (χ1) is 15.6. The number of aliphatic hydroxyl groups is 1. The number of hydrogen-bond donors (Lipinski definition) is 2. The van der Waals surface area contributed by atoms with E-state index in [4.69, 9.17) is 11.6 Å². The fraction of sp³-hybridized carbons (Fsp3) is 0.192. The van der Waals surface area contributed by atoms with Crippen molar-refractivity contribution in [1.82, 2.24) is 5.32 Å². The van der Waals surface area contributed by atoms with E-state index in [1.807, 2.05) is 0 Å². The van der Waals surface area contributed by atoms with Crippen molar-refractivity contribution in [2.75, 3.05) is 0 Å². The van der Waals surface area contributed by atoms with Crippen LogP contribution in [0.5, 0.6) is 0 Å². The zero-order valence-corrected chi connectivity index (χ0v) is 18.4. The summed E-state index contributed by atoms with van der Waals surface area (Å²) >= 11 is 5.87. The van der Waals surface area contributed by atoms with Crippen LogP contribution in [0.15, 0.2) is 96.7 Å². The van der Waals surface area contributed by atoms with E-state index in [-0.39, 0.29) is 16.7 Å². The molecule has 1 aliphatic rings. The number of alkyl halides is 3. The van der Waals surface area contributed by atoms with Gasteiger partial charge in [-0.05, 0) is 42.3 Å². The maximum Gasteiger partial charge on any atom is 0.400 e. The molecule has 2 N–H and O–H groups in total. The molecule has 0 bridgehead atoms. The number of carbonyl (C=O) groups is 1. The zero-order chi connectivity index (χ0) is 23.9. The van der Waals surface area contributed by atoms with E-state index in [1.54, 1.807) is 60.7 Å². The molecule has 0 saturated carbocycles. The lowest BCUT2D eigenvalue weighted by molar-refractivity contribution is -0.222. The molecule has 0 spiro atoms. The molecule has 3 aromatic rings. The Kier molecular flexibility index (Phi) is 5.85. The smallest absolute Gasteiger partial charge is 0.383 e. The lowest BCUT2D eigenvalue weighted by atomic mass is 9.65. The van der Waals surface area contributed by atoms with Gasteiger partial charge in [0, 0.05) is 22.4 Å². The molecule has 1 aliphatic heterocycles. The van der Waals surface area contributed by atoms with E-state index in [1.165, 1.54) is 24.3 Å². The number of rotatable bonds is 5. The average molecular weight is 472 g/mol. The lowest BCUT2D eigenvalue weighted by Gasteiger charge is -2.45. The van der Waals surface area contributed by atoms with Crippen LogP contribution < -0.4 is 5.32 Å². The Morgan fingerprint density at radius 1 is 0.909 bits per heavy atom. The van der Waals surface area contributed by atoms with Crippen LogP contribution in [0, 0.1) is 5.41 Å². The topological polar surface area (TPSA) is 49.3 Å². The fourth-order valence-electron chi connectivity index (χ4n) is 4.44. The van der Waals surface area contributed by atoms with Crippen molar-refractivity contribution in [1.29, 1.82) is 0 Å². The Labute approximate surface area is 194 Å². The highest BCUT2D eigenvalue weighted by Gasteiger charge is 2.67. The predicted molar refractivity (Wildman–Crippen MR) is 121 cm³/mol. The molecule has 1 heterocycles. The highest BCUT2D eigenvalue weighted by atomic mass is 35.5. The molecule has 0 amide bonds. The van der Waals surface area contributed by atoms with Gasteiger partial charge in [-0.2, -0.15) is 13.2 Å². The standard InChI is InChI=1S/C26H21ClF3NO2/c1-24(26(28,29)30)21(22(32)17-12-14-20(27)15-13-17)16-31-23(24)25(33,18-8-4-2-5-9-18)19-10-6-3-7-11-19/h2-16,23,31,33H,1H3/t23-,24-/m0/s1. The molecule has 0 aromatic heterocycles. The van der Waals surface area contributed by atoms with E-state index in [0.717, 1.165) is 13.1 Å². The molecular formula is C26H21ClF3NO2. The number of halogens is 4. The van der Waals surface area contributed by atoms with Crippen LogP contribution in [-0.4, -0.2) is 23.1 Å². The van der Waals surface area contributed by atoms with Crippen molar-refractivity contribution in [2.24, 2.45) is 5.41 Å². The Morgan fingerprint density at radius 2 is 1.39 bits per heavy atom. The van der Waals surface area contributed by atoms with Gasteiger partial charge < -0.3 is 10.4 Å². The fourth-order valence-corrected chi connectivity index (χ4v) is 4.56. The molecule has 33 heavy (non-hydrogen) atoms. The Hall–Kier alpha value is -3.09. The molecule has 0 unspecified atom stereocenters. The van der Waals surface area contributed by atoms with Crippen molar-refractivity contribution in [3.8, 4) is 0 Å². The van der Waals surface area contributed by atoms with Gasteiger partial charge in [-0.15, -0.1) is 0 Å². The molecule has 0 saturated heterocycles. The van der Waals surface area contributed by atoms with Crippen LogP contribution in [0.2, 0.25) is 5.02 Å². The van der Waals surface area contributed by atoms with Gasteiger partial charge in [-0.25, -0.2) is 0 Å². The van der Waals surface area contributed by atoms with Crippen LogP contribution in [-0.2, 0) is 5.60 Å². The highest BCUT2D eigenvalue weighted by molar-refractivity contribution is 6.30. The van der Waals surface area contributed by atoms with Gasteiger partial charge in [-0.1, -0.05) is 72.3 Å². The van der Waals surface area contributed by atoms with E-state index in [0.29, 0.717) is 5.02 Å². The number of carbonyl (C=O) groups excluding carboxylic acids is 1. The molecule has 2 atom stereocenters. The van der Waals surface area contributed by atoms with Gasteiger partial charge in [0.15, 0.2) is 5.78 Å². The summed E-state index contributed by atoms with van der Waals surface area (Å²) in [6.45, 7) is 0.953.